The fraction of sp³-hybridized carbons (Fsp3) is 0.364. The number of fused-ring (bicyclic) bond motifs is 1. The van der Waals surface area contributed by atoms with Crippen LogP contribution < -0.4 is 0 Å². The van der Waals surface area contributed by atoms with Crippen molar-refractivity contribution >= 4 is 39.1 Å². The zero-order valence-corrected chi connectivity index (χ0v) is 17.8. The molecule has 2 aromatic carbocycles. The third-order valence-electron chi connectivity index (χ3n) is 5.49. The number of likely N-dealkylation sites (N-methyl/N-ethyl adjacent to an activating group) is 1. The van der Waals surface area contributed by atoms with Gasteiger partial charge in [-0.2, -0.15) is 0 Å². The quantitative estimate of drug-likeness (QED) is 0.574. The molecule has 0 radical (unpaired) electrons. The fourth-order valence-electron chi connectivity index (χ4n) is 3.72. The van der Waals surface area contributed by atoms with Gasteiger partial charge in [0, 0.05) is 30.1 Å². The molecule has 0 aliphatic carbocycles. The minimum absolute atomic E-state index is 0.0252. The normalized spacial score (nSPS) is 15.7. The van der Waals surface area contributed by atoms with Crippen LogP contribution in [0, 0.1) is 5.82 Å². The lowest BCUT2D eigenvalue weighted by Crippen LogP contribution is -2.41. The first-order chi connectivity index (χ1) is 14.0. The standard InChI is InChI=1S/C22H23ClFN3OS/c1-26(13-16-17(23)5-4-6-18(16)24)21(28)14-27-11-9-15(10-12-27)22-25-19-7-2-3-8-20(19)29-22/h2-8,15H,9-14H2,1H3. The van der Waals surface area contributed by atoms with Crippen LogP contribution in [0.3, 0.4) is 0 Å². The first-order valence-corrected chi connectivity index (χ1v) is 11.0. The van der Waals surface area contributed by atoms with Gasteiger partial charge in [-0.3, -0.25) is 9.69 Å². The molecule has 0 atom stereocenters. The van der Waals surface area contributed by atoms with Crippen LogP contribution in [-0.2, 0) is 11.3 Å². The lowest BCUT2D eigenvalue weighted by molar-refractivity contribution is -0.131. The summed E-state index contributed by atoms with van der Waals surface area (Å²) in [6.07, 6.45) is 1.99. The number of thiazole rings is 1. The van der Waals surface area contributed by atoms with Gasteiger partial charge < -0.3 is 4.90 Å². The monoisotopic (exact) mass is 431 g/mol. The number of benzene rings is 2. The number of nitrogens with zero attached hydrogens (tertiary/aromatic N) is 3. The molecule has 1 aromatic heterocycles. The first kappa shape index (κ1) is 20.3. The third-order valence-corrected chi connectivity index (χ3v) is 7.04. The van der Waals surface area contributed by atoms with E-state index < -0.39 is 0 Å². The van der Waals surface area contributed by atoms with Gasteiger partial charge in [0.1, 0.15) is 5.82 Å². The van der Waals surface area contributed by atoms with E-state index in [9.17, 15) is 9.18 Å². The summed E-state index contributed by atoms with van der Waals surface area (Å²) in [7, 11) is 1.69. The highest BCUT2D eigenvalue weighted by atomic mass is 35.5. The summed E-state index contributed by atoms with van der Waals surface area (Å²) < 4.78 is 15.2. The van der Waals surface area contributed by atoms with E-state index in [1.165, 1.54) is 15.8 Å². The summed E-state index contributed by atoms with van der Waals surface area (Å²) in [6, 6.07) is 12.8. The number of hydrogen-bond acceptors (Lipinski definition) is 4. The molecule has 0 spiro atoms. The molecule has 1 aliphatic heterocycles. The van der Waals surface area contributed by atoms with Crippen LogP contribution in [0.15, 0.2) is 42.5 Å². The Balaban J connectivity index is 1.31. The molecule has 0 saturated carbocycles. The summed E-state index contributed by atoms with van der Waals surface area (Å²) in [5.41, 5.74) is 1.43. The van der Waals surface area contributed by atoms with E-state index in [1.54, 1.807) is 35.4 Å². The Labute approximate surface area is 178 Å². The molecule has 4 rings (SSSR count). The maximum Gasteiger partial charge on any atom is 0.236 e. The van der Waals surface area contributed by atoms with Crippen LogP contribution in [-0.4, -0.2) is 47.4 Å². The van der Waals surface area contributed by atoms with Crippen molar-refractivity contribution < 1.29 is 9.18 Å². The predicted octanol–water partition coefficient (Wildman–Crippen LogP) is 4.93. The van der Waals surface area contributed by atoms with E-state index in [1.807, 2.05) is 12.1 Å². The van der Waals surface area contributed by atoms with Crippen LogP contribution in [0.4, 0.5) is 4.39 Å². The molecule has 2 heterocycles. The minimum Gasteiger partial charge on any atom is -0.340 e. The summed E-state index contributed by atoms with van der Waals surface area (Å²) in [6.45, 7) is 2.24. The number of aromatic nitrogens is 1. The van der Waals surface area contributed by atoms with Crippen molar-refractivity contribution in [3.8, 4) is 0 Å². The van der Waals surface area contributed by atoms with Gasteiger partial charge in [-0.1, -0.05) is 29.8 Å². The van der Waals surface area contributed by atoms with Gasteiger partial charge in [0.05, 0.1) is 21.8 Å². The molecule has 3 aromatic rings. The van der Waals surface area contributed by atoms with Crippen LogP contribution in [0.2, 0.25) is 5.02 Å². The van der Waals surface area contributed by atoms with Crippen molar-refractivity contribution in [1.82, 2.24) is 14.8 Å². The number of halogens is 2. The number of likely N-dealkylation sites (tertiary alicyclic amines) is 1. The second-order valence-corrected chi connectivity index (χ2v) is 8.99. The lowest BCUT2D eigenvalue weighted by atomic mass is 9.97. The fourth-order valence-corrected chi connectivity index (χ4v) is 5.08. The Morgan fingerprint density at radius 1 is 1.24 bits per heavy atom. The van der Waals surface area contributed by atoms with E-state index in [0.29, 0.717) is 23.0 Å². The zero-order chi connectivity index (χ0) is 20.4. The summed E-state index contributed by atoms with van der Waals surface area (Å²) >= 11 is 7.86. The summed E-state index contributed by atoms with van der Waals surface area (Å²) in [4.78, 5) is 21.1. The highest BCUT2D eigenvalue weighted by Gasteiger charge is 2.25. The average molecular weight is 432 g/mol. The molecular weight excluding hydrogens is 409 g/mol. The Bertz CT molecular complexity index is 963. The molecular formula is C22H23ClFN3OS. The molecule has 4 nitrogen and oxygen atoms in total. The molecule has 7 heteroatoms. The second kappa shape index (κ2) is 8.78. The van der Waals surface area contributed by atoms with E-state index in [4.69, 9.17) is 16.6 Å². The Kier molecular flexibility index (Phi) is 6.13. The van der Waals surface area contributed by atoms with Crippen molar-refractivity contribution in [1.29, 1.82) is 0 Å². The minimum atomic E-state index is -0.381. The molecule has 1 saturated heterocycles. The number of piperidine rings is 1. The van der Waals surface area contributed by atoms with Crippen LogP contribution in [0.5, 0.6) is 0 Å². The number of rotatable bonds is 5. The summed E-state index contributed by atoms with van der Waals surface area (Å²) in [5.74, 6) is 0.0465. The van der Waals surface area contributed by atoms with Gasteiger partial charge in [0.2, 0.25) is 5.91 Å². The van der Waals surface area contributed by atoms with Gasteiger partial charge >= 0.3 is 0 Å². The lowest BCUT2D eigenvalue weighted by Gasteiger charge is -2.31. The molecule has 29 heavy (non-hydrogen) atoms. The van der Waals surface area contributed by atoms with Crippen molar-refractivity contribution in [3.05, 3.63) is 63.9 Å². The highest BCUT2D eigenvalue weighted by molar-refractivity contribution is 7.18. The molecule has 0 N–H and O–H groups in total. The number of hydrogen-bond donors (Lipinski definition) is 0. The van der Waals surface area contributed by atoms with Crippen molar-refractivity contribution in [2.45, 2.75) is 25.3 Å². The van der Waals surface area contributed by atoms with Crippen LogP contribution in [0.25, 0.3) is 10.2 Å². The van der Waals surface area contributed by atoms with E-state index in [0.717, 1.165) is 31.4 Å². The molecule has 1 fully saturated rings. The summed E-state index contributed by atoms with van der Waals surface area (Å²) in [5, 5.41) is 1.55. The first-order valence-electron chi connectivity index (χ1n) is 9.76. The van der Waals surface area contributed by atoms with Crippen molar-refractivity contribution in [2.75, 3.05) is 26.7 Å². The molecule has 1 amide bonds. The Hall–Kier alpha value is -2.02. The number of carbonyl (C=O) groups is 1. The van der Waals surface area contributed by atoms with Crippen molar-refractivity contribution in [2.24, 2.45) is 0 Å². The predicted molar refractivity (Wildman–Crippen MR) is 116 cm³/mol. The third kappa shape index (κ3) is 4.60. The Morgan fingerprint density at radius 3 is 2.72 bits per heavy atom. The van der Waals surface area contributed by atoms with Crippen molar-refractivity contribution in [3.63, 3.8) is 0 Å². The molecule has 152 valence electrons. The van der Waals surface area contributed by atoms with Crippen LogP contribution >= 0.6 is 22.9 Å². The van der Waals surface area contributed by atoms with Gasteiger partial charge in [0.15, 0.2) is 0 Å². The average Bonchev–Trinajstić information content (AvgIpc) is 3.15. The maximum atomic E-state index is 14.0. The highest BCUT2D eigenvalue weighted by Crippen LogP contribution is 2.33. The van der Waals surface area contributed by atoms with E-state index in [2.05, 4.69) is 17.0 Å². The molecule has 0 unspecified atom stereocenters. The maximum absolute atomic E-state index is 14.0. The SMILES string of the molecule is CN(Cc1c(F)cccc1Cl)C(=O)CN1CCC(c2nc3ccccc3s2)CC1. The Morgan fingerprint density at radius 2 is 2.00 bits per heavy atom. The van der Waals surface area contributed by atoms with E-state index >= 15 is 0 Å². The largest absolute Gasteiger partial charge is 0.340 e. The molecule has 0 bridgehead atoms. The van der Waals surface area contributed by atoms with Gasteiger partial charge in [-0.25, -0.2) is 9.37 Å². The number of carbonyl (C=O) groups excluding carboxylic acids is 1. The molecule has 1 aliphatic rings. The zero-order valence-electron chi connectivity index (χ0n) is 16.3. The van der Waals surface area contributed by atoms with Gasteiger partial charge in [0.25, 0.3) is 0 Å². The van der Waals surface area contributed by atoms with Gasteiger partial charge in [-0.15, -0.1) is 11.3 Å². The topological polar surface area (TPSA) is 36.4 Å². The smallest absolute Gasteiger partial charge is 0.236 e. The second-order valence-electron chi connectivity index (χ2n) is 7.52. The number of para-hydroxylation sites is 1. The van der Waals surface area contributed by atoms with Gasteiger partial charge in [-0.05, 0) is 50.2 Å². The number of amides is 1. The van der Waals surface area contributed by atoms with Crippen LogP contribution in [0.1, 0.15) is 29.3 Å². The van der Waals surface area contributed by atoms with E-state index in [-0.39, 0.29) is 18.3 Å².